The van der Waals surface area contributed by atoms with E-state index in [1.807, 2.05) is 12.1 Å². The van der Waals surface area contributed by atoms with Crippen LogP contribution in [0.25, 0.3) is 0 Å². The van der Waals surface area contributed by atoms with Gasteiger partial charge in [-0.15, -0.1) is 0 Å². The van der Waals surface area contributed by atoms with E-state index in [1.165, 1.54) is 11.1 Å². The van der Waals surface area contributed by atoms with Gasteiger partial charge in [-0.2, -0.15) is 0 Å². The summed E-state index contributed by atoms with van der Waals surface area (Å²) in [5.41, 5.74) is 2.73. The summed E-state index contributed by atoms with van der Waals surface area (Å²) < 4.78 is 0. The number of benzene rings is 2. The van der Waals surface area contributed by atoms with Gasteiger partial charge in [0, 0.05) is 37.2 Å². The number of halogens is 1. The Kier molecular flexibility index (Phi) is 4.59. The van der Waals surface area contributed by atoms with Gasteiger partial charge in [-0.1, -0.05) is 54.1 Å². The zero-order valence-electron chi connectivity index (χ0n) is 12.4. The molecular weight excluding hydrogens is 280 g/mol. The number of hydrogen-bond donors (Lipinski definition) is 0. The minimum atomic E-state index is 0.444. The molecule has 1 atom stereocenters. The predicted molar refractivity (Wildman–Crippen MR) is 88.5 cm³/mol. The highest BCUT2D eigenvalue weighted by Crippen LogP contribution is 2.26. The van der Waals surface area contributed by atoms with Crippen LogP contribution in [0.5, 0.6) is 0 Å². The molecule has 1 aliphatic heterocycles. The second-order valence-electron chi connectivity index (χ2n) is 5.77. The Morgan fingerprint density at radius 3 is 2.43 bits per heavy atom. The normalized spacial score (nSPS) is 20.6. The van der Waals surface area contributed by atoms with Crippen LogP contribution in [0, 0.1) is 0 Å². The van der Waals surface area contributed by atoms with Gasteiger partial charge in [0.15, 0.2) is 0 Å². The van der Waals surface area contributed by atoms with Crippen molar-refractivity contribution in [1.82, 2.24) is 9.80 Å². The van der Waals surface area contributed by atoms with Crippen molar-refractivity contribution in [2.24, 2.45) is 0 Å². The standard InChI is InChI=1S/C18H21ClN2/c1-20-11-12-21(13-15-5-3-2-4-6-15)14-18(20)16-7-9-17(19)10-8-16/h2-10,18H,11-14H2,1H3/t18-/m0/s1. The fourth-order valence-corrected chi connectivity index (χ4v) is 3.09. The van der Waals surface area contributed by atoms with E-state index in [1.54, 1.807) is 0 Å². The molecule has 1 heterocycles. The Labute approximate surface area is 131 Å². The molecule has 0 radical (unpaired) electrons. The molecule has 0 aliphatic carbocycles. The summed E-state index contributed by atoms with van der Waals surface area (Å²) in [5, 5.41) is 0.804. The van der Waals surface area contributed by atoms with Gasteiger partial charge in [-0.25, -0.2) is 0 Å². The van der Waals surface area contributed by atoms with E-state index in [0.717, 1.165) is 31.2 Å². The minimum absolute atomic E-state index is 0.444. The molecule has 0 bridgehead atoms. The topological polar surface area (TPSA) is 6.48 Å². The third kappa shape index (κ3) is 3.65. The highest BCUT2D eigenvalue weighted by Gasteiger charge is 2.25. The third-order valence-electron chi connectivity index (χ3n) is 4.24. The molecular formula is C18H21ClN2. The molecule has 2 aromatic rings. The van der Waals surface area contributed by atoms with Crippen molar-refractivity contribution in [3.8, 4) is 0 Å². The predicted octanol–water partition coefficient (Wildman–Crippen LogP) is 3.83. The van der Waals surface area contributed by atoms with Gasteiger partial charge in [0.05, 0.1) is 0 Å². The summed E-state index contributed by atoms with van der Waals surface area (Å²) >= 11 is 6.00. The Balaban J connectivity index is 1.71. The lowest BCUT2D eigenvalue weighted by molar-refractivity contribution is 0.0905. The third-order valence-corrected chi connectivity index (χ3v) is 4.49. The van der Waals surface area contributed by atoms with Crippen molar-refractivity contribution in [2.45, 2.75) is 12.6 Å². The quantitative estimate of drug-likeness (QED) is 0.850. The summed E-state index contributed by atoms with van der Waals surface area (Å²) in [4.78, 5) is 4.97. The van der Waals surface area contributed by atoms with Gasteiger partial charge in [-0.05, 0) is 30.3 Å². The van der Waals surface area contributed by atoms with Crippen LogP contribution in [0.2, 0.25) is 5.02 Å². The minimum Gasteiger partial charge on any atom is -0.297 e. The first-order chi connectivity index (χ1) is 10.2. The lowest BCUT2D eigenvalue weighted by Gasteiger charge is -2.39. The summed E-state index contributed by atoms with van der Waals surface area (Å²) in [7, 11) is 2.21. The lowest BCUT2D eigenvalue weighted by Crippen LogP contribution is -2.46. The highest BCUT2D eigenvalue weighted by atomic mass is 35.5. The largest absolute Gasteiger partial charge is 0.297 e. The molecule has 1 aliphatic rings. The first-order valence-corrected chi connectivity index (χ1v) is 7.82. The van der Waals surface area contributed by atoms with Crippen LogP contribution in [0.1, 0.15) is 17.2 Å². The van der Waals surface area contributed by atoms with Crippen LogP contribution in [0.3, 0.4) is 0 Å². The fourth-order valence-electron chi connectivity index (χ4n) is 2.96. The van der Waals surface area contributed by atoms with Gasteiger partial charge >= 0.3 is 0 Å². The monoisotopic (exact) mass is 300 g/mol. The van der Waals surface area contributed by atoms with Gasteiger partial charge < -0.3 is 0 Å². The lowest BCUT2D eigenvalue weighted by atomic mass is 10.0. The second kappa shape index (κ2) is 6.61. The van der Waals surface area contributed by atoms with Crippen LogP contribution in [0.4, 0.5) is 0 Å². The SMILES string of the molecule is CN1CCN(Cc2ccccc2)C[C@H]1c1ccc(Cl)cc1. The van der Waals surface area contributed by atoms with Crippen molar-refractivity contribution in [3.63, 3.8) is 0 Å². The molecule has 0 N–H and O–H groups in total. The van der Waals surface area contributed by atoms with E-state index in [9.17, 15) is 0 Å². The molecule has 1 saturated heterocycles. The molecule has 1 fully saturated rings. The van der Waals surface area contributed by atoms with Crippen LogP contribution in [0.15, 0.2) is 54.6 Å². The van der Waals surface area contributed by atoms with Crippen molar-refractivity contribution in [1.29, 1.82) is 0 Å². The van der Waals surface area contributed by atoms with E-state index in [-0.39, 0.29) is 0 Å². The molecule has 0 saturated carbocycles. The number of rotatable bonds is 3. The molecule has 110 valence electrons. The molecule has 2 nitrogen and oxygen atoms in total. The Morgan fingerprint density at radius 1 is 1.00 bits per heavy atom. The summed E-state index contributed by atoms with van der Waals surface area (Å²) in [6, 6.07) is 19.4. The van der Waals surface area contributed by atoms with Crippen LogP contribution >= 0.6 is 11.6 Å². The van der Waals surface area contributed by atoms with E-state index in [0.29, 0.717) is 6.04 Å². The first kappa shape index (κ1) is 14.6. The molecule has 21 heavy (non-hydrogen) atoms. The molecule has 3 rings (SSSR count). The second-order valence-corrected chi connectivity index (χ2v) is 6.21. The van der Waals surface area contributed by atoms with Crippen molar-refractivity contribution < 1.29 is 0 Å². The van der Waals surface area contributed by atoms with Crippen LogP contribution < -0.4 is 0 Å². The molecule has 2 aromatic carbocycles. The zero-order chi connectivity index (χ0) is 14.7. The van der Waals surface area contributed by atoms with Crippen molar-refractivity contribution >= 4 is 11.6 Å². The molecule has 0 amide bonds. The number of nitrogens with zero attached hydrogens (tertiary/aromatic N) is 2. The average molecular weight is 301 g/mol. The molecule has 0 spiro atoms. The first-order valence-electron chi connectivity index (χ1n) is 7.44. The average Bonchev–Trinajstić information content (AvgIpc) is 2.51. The van der Waals surface area contributed by atoms with E-state index in [4.69, 9.17) is 11.6 Å². The number of likely N-dealkylation sites (N-methyl/N-ethyl adjacent to an activating group) is 1. The van der Waals surface area contributed by atoms with Crippen LogP contribution in [-0.4, -0.2) is 36.5 Å². The van der Waals surface area contributed by atoms with Crippen LogP contribution in [-0.2, 0) is 6.54 Å². The smallest absolute Gasteiger partial charge is 0.0472 e. The zero-order valence-corrected chi connectivity index (χ0v) is 13.1. The molecule has 0 unspecified atom stereocenters. The molecule has 0 aromatic heterocycles. The summed E-state index contributed by atoms with van der Waals surface area (Å²) in [5.74, 6) is 0. The fraction of sp³-hybridized carbons (Fsp3) is 0.333. The Morgan fingerprint density at radius 2 is 1.71 bits per heavy atom. The Hall–Kier alpha value is -1.35. The highest BCUT2D eigenvalue weighted by molar-refractivity contribution is 6.30. The number of piperazine rings is 1. The maximum Gasteiger partial charge on any atom is 0.0472 e. The molecule has 3 heteroatoms. The maximum absolute atomic E-state index is 6.00. The summed E-state index contributed by atoms with van der Waals surface area (Å²) in [6.07, 6.45) is 0. The van der Waals surface area contributed by atoms with E-state index in [2.05, 4.69) is 59.3 Å². The van der Waals surface area contributed by atoms with Gasteiger partial charge in [0.2, 0.25) is 0 Å². The summed E-state index contributed by atoms with van der Waals surface area (Å²) in [6.45, 7) is 4.31. The van der Waals surface area contributed by atoms with Crippen molar-refractivity contribution in [2.75, 3.05) is 26.7 Å². The van der Waals surface area contributed by atoms with E-state index >= 15 is 0 Å². The van der Waals surface area contributed by atoms with Gasteiger partial charge in [0.25, 0.3) is 0 Å². The Bertz CT molecular complexity index is 568. The van der Waals surface area contributed by atoms with Gasteiger partial charge in [0.1, 0.15) is 0 Å². The number of hydrogen-bond acceptors (Lipinski definition) is 2. The van der Waals surface area contributed by atoms with Crippen molar-refractivity contribution in [3.05, 3.63) is 70.7 Å². The van der Waals surface area contributed by atoms with Gasteiger partial charge in [-0.3, -0.25) is 9.80 Å². The maximum atomic E-state index is 6.00. The van der Waals surface area contributed by atoms with E-state index < -0.39 is 0 Å².